The van der Waals surface area contributed by atoms with E-state index in [1.165, 1.54) is 51.4 Å². The first-order valence-corrected chi connectivity index (χ1v) is 30.3. The van der Waals surface area contributed by atoms with E-state index in [1.54, 1.807) is 0 Å². The van der Waals surface area contributed by atoms with E-state index in [0.717, 1.165) is 154 Å². The van der Waals surface area contributed by atoms with Crippen molar-refractivity contribution < 1.29 is 28.6 Å². The van der Waals surface area contributed by atoms with Crippen LogP contribution >= 0.6 is 0 Å². The number of ether oxygens (including phenoxy) is 3. The zero-order valence-corrected chi connectivity index (χ0v) is 48.3. The summed E-state index contributed by atoms with van der Waals surface area (Å²) in [5, 5.41) is 0. The van der Waals surface area contributed by atoms with Crippen molar-refractivity contribution >= 4 is 17.9 Å². The zero-order chi connectivity index (χ0) is 54.3. The van der Waals surface area contributed by atoms with Crippen LogP contribution in [0.3, 0.4) is 0 Å². The molecule has 0 aromatic rings. The maximum Gasteiger partial charge on any atom is 0.306 e. The Bertz CT molecular complexity index is 1660. The molecule has 0 radical (unpaired) electrons. The van der Waals surface area contributed by atoms with E-state index < -0.39 is 6.10 Å². The number of carbonyl (C=O) groups excluding carboxylic acids is 3. The van der Waals surface area contributed by atoms with Crippen LogP contribution in [0.25, 0.3) is 0 Å². The van der Waals surface area contributed by atoms with Gasteiger partial charge >= 0.3 is 17.9 Å². The fourth-order valence-electron chi connectivity index (χ4n) is 7.82. The number of allylic oxidation sites excluding steroid dienone is 24. The minimum Gasteiger partial charge on any atom is -0.462 e. The van der Waals surface area contributed by atoms with Crippen molar-refractivity contribution in [2.75, 3.05) is 13.2 Å². The first-order chi connectivity index (χ1) is 37.0. The van der Waals surface area contributed by atoms with Crippen LogP contribution in [-0.2, 0) is 28.6 Å². The molecule has 1 unspecified atom stereocenters. The van der Waals surface area contributed by atoms with E-state index in [-0.39, 0.29) is 37.5 Å². The van der Waals surface area contributed by atoms with E-state index >= 15 is 0 Å². The Morgan fingerprint density at radius 2 is 0.520 bits per heavy atom. The van der Waals surface area contributed by atoms with Crippen LogP contribution in [0.15, 0.2) is 146 Å². The van der Waals surface area contributed by atoms with E-state index in [9.17, 15) is 14.4 Å². The molecule has 75 heavy (non-hydrogen) atoms. The fraction of sp³-hybridized carbons (Fsp3) is 0.609. The van der Waals surface area contributed by atoms with Crippen LogP contribution in [0.4, 0.5) is 0 Å². The molecule has 0 heterocycles. The summed E-state index contributed by atoms with van der Waals surface area (Å²) in [5.74, 6) is -0.965. The Morgan fingerprint density at radius 1 is 0.280 bits per heavy atom. The highest BCUT2D eigenvalue weighted by atomic mass is 16.6. The van der Waals surface area contributed by atoms with Gasteiger partial charge in [0.25, 0.3) is 0 Å². The van der Waals surface area contributed by atoms with E-state index in [0.29, 0.717) is 19.3 Å². The van der Waals surface area contributed by atoms with Gasteiger partial charge in [0.1, 0.15) is 13.2 Å². The van der Waals surface area contributed by atoms with Crippen molar-refractivity contribution in [2.24, 2.45) is 0 Å². The Morgan fingerprint density at radius 3 is 0.840 bits per heavy atom. The van der Waals surface area contributed by atoms with Crippen LogP contribution in [-0.4, -0.2) is 37.2 Å². The number of rotatable bonds is 53. The van der Waals surface area contributed by atoms with Crippen molar-refractivity contribution in [3.8, 4) is 0 Å². The number of hydrogen-bond acceptors (Lipinski definition) is 6. The average Bonchev–Trinajstić information content (AvgIpc) is 3.41. The van der Waals surface area contributed by atoms with E-state index in [4.69, 9.17) is 14.2 Å². The minimum atomic E-state index is -0.812. The predicted molar refractivity (Wildman–Crippen MR) is 325 cm³/mol. The monoisotopic (exact) mass is 1030 g/mol. The van der Waals surface area contributed by atoms with Crippen molar-refractivity contribution in [2.45, 2.75) is 258 Å². The van der Waals surface area contributed by atoms with Gasteiger partial charge in [-0.3, -0.25) is 14.4 Å². The number of esters is 3. The number of carbonyl (C=O) groups is 3. The van der Waals surface area contributed by atoms with Crippen molar-refractivity contribution in [1.29, 1.82) is 0 Å². The van der Waals surface area contributed by atoms with Gasteiger partial charge in [0.2, 0.25) is 0 Å². The molecule has 0 fully saturated rings. The molecule has 422 valence electrons. The average molecular weight is 1040 g/mol. The molecule has 6 nitrogen and oxygen atoms in total. The van der Waals surface area contributed by atoms with Crippen molar-refractivity contribution in [3.05, 3.63) is 146 Å². The molecule has 0 aromatic heterocycles. The molecule has 0 saturated heterocycles. The predicted octanol–water partition coefficient (Wildman–Crippen LogP) is 20.8. The van der Waals surface area contributed by atoms with Gasteiger partial charge in [-0.15, -0.1) is 0 Å². The standard InChI is InChI=1S/C69H110O6/c1-4-7-10-13-16-19-22-25-27-29-31-32-33-34-35-36-38-39-41-44-47-50-53-56-59-62-68(71)74-65-66(64-73-67(70)61-58-55-52-49-46-43-24-21-18-15-12-9-6-3)75-69(72)63-60-57-54-51-48-45-42-40-37-30-28-26-23-20-17-14-11-8-5-2/h7-8,10-11,16-17,19-21,24-28,31-32,34-35,37-40,45,48,66H,4-6,9,12-15,18,22-23,29-30,33,36,41-44,46-47,49-65H2,1-3H3/b10-7-,11-8-,19-16-,20-17-,24-21-,27-25-,28-26-,32-31-,35-34-,39-38-,40-37-,48-45-. The quantitative estimate of drug-likeness (QED) is 0.0261. The number of hydrogen-bond donors (Lipinski definition) is 0. The third kappa shape index (κ3) is 60.0. The summed E-state index contributed by atoms with van der Waals surface area (Å²) >= 11 is 0. The van der Waals surface area contributed by atoms with Crippen LogP contribution in [0.1, 0.15) is 252 Å². The Hall–Kier alpha value is -4.71. The summed E-state index contributed by atoms with van der Waals surface area (Å²) in [4.78, 5) is 38.2. The molecular weight excluding hydrogens is 925 g/mol. The summed E-state index contributed by atoms with van der Waals surface area (Å²) in [7, 11) is 0. The molecular formula is C69H110O6. The molecule has 0 spiro atoms. The highest BCUT2D eigenvalue weighted by Crippen LogP contribution is 2.13. The molecule has 0 aliphatic rings. The first-order valence-electron chi connectivity index (χ1n) is 30.3. The summed E-state index contributed by atoms with van der Waals surface area (Å²) in [6.07, 6.45) is 88.4. The molecule has 0 aromatic carbocycles. The summed E-state index contributed by atoms with van der Waals surface area (Å²) in [6, 6.07) is 0. The highest BCUT2D eigenvalue weighted by Gasteiger charge is 2.19. The second-order valence-electron chi connectivity index (χ2n) is 19.5. The molecule has 0 aliphatic carbocycles. The molecule has 6 heteroatoms. The molecule has 0 amide bonds. The lowest BCUT2D eigenvalue weighted by atomic mass is 10.1. The Kier molecular flexibility index (Phi) is 58.0. The Labute approximate surface area is 461 Å². The molecule has 0 saturated carbocycles. The molecule has 0 N–H and O–H groups in total. The van der Waals surface area contributed by atoms with E-state index in [2.05, 4.69) is 167 Å². The third-order valence-corrected chi connectivity index (χ3v) is 12.3. The third-order valence-electron chi connectivity index (χ3n) is 12.3. The second-order valence-corrected chi connectivity index (χ2v) is 19.5. The van der Waals surface area contributed by atoms with Crippen LogP contribution in [0.2, 0.25) is 0 Å². The normalized spacial score (nSPS) is 13.2. The van der Waals surface area contributed by atoms with Gasteiger partial charge < -0.3 is 14.2 Å². The zero-order valence-electron chi connectivity index (χ0n) is 48.3. The lowest BCUT2D eigenvalue weighted by Crippen LogP contribution is -2.30. The second kappa shape index (κ2) is 61.8. The van der Waals surface area contributed by atoms with Gasteiger partial charge in [-0.05, 0) is 141 Å². The summed E-state index contributed by atoms with van der Waals surface area (Å²) in [6.45, 7) is 6.34. The smallest absolute Gasteiger partial charge is 0.306 e. The van der Waals surface area contributed by atoms with Gasteiger partial charge in [-0.25, -0.2) is 0 Å². The SMILES string of the molecule is CC/C=C\C/C=C\C/C=C\C/C=C\C/C=C\C/C=C\CCCCCCCCC(=O)OCC(COC(=O)CCCCCCC/C=C\CCCCCC)OC(=O)CCCCC/C=C\C/C=C\C/C=C\C/C=C\C/C=C\CC. The first kappa shape index (κ1) is 70.3. The van der Waals surface area contributed by atoms with Crippen LogP contribution in [0, 0.1) is 0 Å². The lowest BCUT2D eigenvalue weighted by molar-refractivity contribution is -0.167. The lowest BCUT2D eigenvalue weighted by Gasteiger charge is -2.18. The van der Waals surface area contributed by atoms with Crippen LogP contribution < -0.4 is 0 Å². The maximum atomic E-state index is 12.9. The van der Waals surface area contributed by atoms with Gasteiger partial charge in [0, 0.05) is 19.3 Å². The topological polar surface area (TPSA) is 78.9 Å². The van der Waals surface area contributed by atoms with Gasteiger partial charge in [0.05, 0.1) is 0 Å². The molecule has 1 atom stereocenters. The highest BCUT2D eigenvalue weighted by molar-refractivity contribution is 5.71. The minimum absolute atomic E-state index is 0.106. The Balaban J connectivity index is 4.47. The fourth-order valence-corrected chi connectivity index (χ4v) is 7.82. The summed E-state index contributed by atoms with van der Waals surface area (Å²) < 4.78 is 16.8. The van der Waals surface area contributed by atoms with Crippen molar-refractivity contribution in [1.82, 2.24) is 0 Å². The van der Waals surface area contributed by atoms with Gasteiger partial charge in [-0.1, -0.05) is 237 Å². The molecule has 0 bridgehead atoms. The maximum absolute atomic E-state index is 12.9. The number of unbranched alkanes of at least 4 members (excludes halogenated alkanes) is 18. The van der Waals surface area contributed by atoms with E-state index in [1.807, 2.05) is 0 Å². The molecule has 0 rings (SSSR count). The van der Waals surface area contributed by atoms with Gasteiger partial charge in [-0.2, -0.15) is 0 Å². The van der Waals surface area contributed by atoms with Crippen LogP contribution in [0.5, 0.6) is 0 Å². The molecule has 0 aliphatic heterocycles. The van der Waals surface area contributed by atoms with Crippen molar-refractivity contribution in [3.63, 3.8) is 0 Å². The van der Waals surface area contributed by atoms with Gasteiger partial charge in [0.15, 0.2) is 6.10 Å². The summed E-state index contributed by atoms with van der Waals surface area (Å²) in [5.41, 5.74) is 0. The largest absolute Gasteiger partial charge is 0.462 e.